The highest BCUT2D eigenvalue weighted by Crippen LogP contribution is 2.15. The second kappa shape index (κ2) is 10.2. The zero-order valence-electron chi connectivity index (χ0n) is 12.5. The molecule has 1 fully saturated rings. The number of amides is 1. The highest BCUT2D eigenvalue weighted by atomic mass is 16.1. The number of rotatable bonds is 9. The van der Waals surface area contributed by atoms with Crippen LogP contribution in [-0.4, -0.2) is 43.5 Å². The first-order valence-electron chi connectivity index (χ1n) is 7.95. The van der Waals surface area contributed by atoms with Crippen molar-refractivity contribution in [1.82, 2.24) is 10.2 Å². The van der Waals surface area contributed by atoms with Crippen LogP contribution in [0, 0.1) is 5.92 Å². The Hall–Kier alpha value is -0.610. The zero-order valence-corrected chi connectivity index (χ0v) is 12.5. The van der Waals surface area contributed by atoms with Crippen molar-refractivity contribution in [1.29, 1.82) is 0 Å². The van der Waals surface area contributed by atoms with E-state index in [1.165, 1.54) is 25.9 Å². The highest BCUT2D eigenvalue weighted by molar-refractivity contribution is 5.75. The molecule has 1 aliphatic heterocycles. The maximum absolute atomic E-state index is 11.7. The number of hydrogen-bond acceptors (Lipinski definition) is 3. The topological polar surface area (TPSA) is 58.4 Å². The molecule has 4 nitrogen and oxygen atoms in total. The molecule has 0 bridgehead atoms. The second-order valence-corrected chi connectivity index (χ2v) is 5.63. The van der Waals surface area contributed by atoms with E-state index in [2.05, 4.69) is 17.1 Å². The lowest BCUT2D eigenvalue weighted by atomic mass is 9.97. The van der Waals surface area contributed by atoms with Crippen molar-refractivity contribution in [3.8, 4) is 0 Å². The van der Waals surface area contributed by atoms with Crippen LogP contribution in [0.2, 0.25) is 0 Å². The van der Waals surface area contributed by atoms with E-state index in [1.54, 1.807) is 0 Å². The number of nitrogens with zero attached hydrogens (tertiary/aromatic N) is 1. The lowest BCUT2D eigenvalue weighted by Gasteiger charge is -2.31. The number of likely N-dealkylation sites (tertiary alicyclic amines) is 1. The van der Waals surface area contributed by atoms with Gasteiger partial charge in [-0.1, -0.05) is 19.8 Å². The van der Waals surface area contributed by atoms with Gasteiger partial charge < -0.3 is 16.0 Å². The van der Waals surface area contributed by atoms with Crippen LogP contribution in [0.4, 0.5) is 0 Å². The summed E-state index contributed by atoms with van der Waals surface area (Å²) in [6, 6.07) is 0. The van der Waals surface area contributed by atoms with Crippen LogP contribution in [-0.2, 0) is 4.79 Å². The average molecular weight is 269 g/mol. The Labute approximate surface area is 118 Å². The zero-order chi connectivity index (χ0) is 13.9. The molecule has 0 aliphatic carbocycles. The minimum atomic E-state index is 0.227. The molecule has 1 aliphatic rings. The van der Waals surface area contributed by atoms with Gasteiger partial charge in [0.15, 0.2) is 0 Å². The molecule has 4 heteroatoms. The first-order chi connectivity index (χ1) is 9.26. The number of hydrogen-bond donors (Lipinski definition) is 2. The van der Waals surface area contributed by atoms with Gasteiger partial charge in [-0.2, -0.15) is 0 Å². The van der Waals surface area contributed by atoms with Crippen molar-refractivity contribution in [3.63, 3.8) is 0 Å². The third-order valence-electron chi connectivity index (χ3n) is 4.10. The summed E-state index contributed by atoms with van der Waals surface area (Å²) in [5, 5.41) is 3.09. The lowest BCUT2D eigenvalue weighted by molar-refractivity contribution is -0.121. The van der Waals surface area contributed by atoms with Gasteiger partial charge in [-0.25, -0.2) is 0 Å². The molecule has 0 atom stereocenters. The number of unbranched alkanes of at least 4 members (excludes halogenated alkanes) is 3. The molecule has 0 aromatic carbocycles. The molecule has 1 heterocycles. The van der Waals surface area contributed by atoms with E-state index in [-0.39, 0.29) is 5.91 Å². The minimum absolute atomic E-state index is 0.227. The molecule has 1 rings (SSSR count). The van der Waals surface area contributed by atoms with E-state index < -0.39 is 0 Å². The molecular formula is C15H31N3O. The predicted octanol–water partition coefficient (Wildman–Crippen LogP) is 1.74. The van der Waals surface area contributed by atoms with Crippen LogP contribution >= 0.6 is 0 Å². The summed E-state index contributed by atoms with van der Waals surface area (Å²) in [6.07, 6.45) is 7.49. The first kappa shape index (κ1) is 16.4. The summed E-state index contributed by atoms with van der Waals surface area (Å²) in [7, 11) is 0. The van der Waals surface area contributed by atoms with Gasteiger partial charge in [0.25, 0.3) is 0 Å². The fraction of sp³-hybridized carbons (Fsp3) is 0.933. The summed E-state index contributed by atoms with van der Waals surface area (Å²) in [4.78, 5) is 14.2. The molecule has 0 aromatic rings. The van der Waals surface area contributed by atoms with Crippen molar-refractivity contribution in [3.05, 3.63) is 0 Å². The van der Waals surface area contributed by atoms with Gasteiger partial charge in [0.1, 0.15) is 0 Å². The quantitative estimate of drug-likeness (QED) is 0.627. The summed E-state index contributed by atoms with van der Waals surface area (Å²) in [6.45, 7) is 7.39. The summed E-state index contributed by atoms with van der Waals surface area (Å²) in [5.41, 5.74) is 5.44. The van der Waals surface area contributed by atoms with Crippen LogP contribution in [0.1, 0.15) is 51.9 Å². The van der Waals surface area contributed by atoms with Crippen LogP contribution < -0.4 is 11.1 Å². The van der Waals surface area contributed by atoms with Crippen molar-refractivity contribution in [2.75, 3.05) is 32.7 Å². The van der Waals surface area contributed by atoms with Crippen molar-refractivity contribution >= 4 is 5.91 Å². The molecule has 0 spiro atoms. The fourth-order valence-electron chi connectivity index (χ4n) is 2.64. The van der Waals surface area contributed by atoms with Gasteiger partial charge in [-0.15, -0.1) is 0 Å². The monoisotopic (exact) mass is 269 g/mol. The Balaban J connectivity index is 1.98. The summed E-state index contributed by atoms with van der Waals surface area (Å²) in [5.74, 6) is 0.912. The van der Waals surface area contributed by atoms with E-state index in [0.717, 1.165) is 45.3 Å². The van der Waals surface area contributed by atoms with Crippen LogP contribution in [0.15, 0.2) is 0 Å². The Bertz CT molecular complexity index is 238. The predicted molar refractivity (Wildman–Crippen MR) is 80.0 cm³/mol. The first-order valence-corrected chi connectivity index (χ1v) is 7.95. The standard InChI is InChI=1S/C15H31N3O/c1-2-18-11-8-14(9-12-18)13-17-15(19)7-5-3-4-6-10-16/h14H,2-13,16H2,1H3,(H,17,19). The molecule has 0 saturated carbocycles. The fourth-order valence-corrected chi connectivity index (χ4v) is 2.64. The minimum Gasteiger partial charge on any atom is -0.356 e. The van der Waals surface area contributed by atoms with Crippen LogP contribution in [0.3, 0.4) is 0 Å². The molecule has 1 saturated heterocycles. The van der Waals surface area contributed by atoms with Gasteiger partial charge in [0.05, 0.1) is 0 Å². The van der Waals surface area contributed by atoms with E-state index in [9.17, 15) is 4.79 Å². The second-order valence-electron chi connectivity index (χ2n) is 5.63. The largest absolute Gasteiger partial charge is 0.356 e. The highest BCUT2D eigenvalue weighted by Gasteiger charge is 2.18. The third kappa shape index (κ3) is 7.53. The Morgan fingerprint density at radius 1 is 1.21 bits per heavy atom. The molecule has 1 amide bonds. The third-order valence-corrected chi connectivity index (χ3v) is 4.10. The Kier molecular flexibility index (Phi) is 8.84. The van der Waals surface area contributed by atoms with E-state index in [1.807, 2.05) is 0 Å². The molecule has 3 N–H and O–H groups in total. The number of nitrogens with one attached hydrogen (secondary N) is 1. The molecular weight excluding hydrogens is 238 g/mol. The van der Waals surface area contributed by atoms with E-state index in [0.29, 0.717) is 12.3 Å². The smallest absolute Gasteiger partial charge is 0.220 e. The molecule has 0 aromatic heterocycles. The lowest BCUT2D eigenvalue weighted by Crippen LogP contribution is -2.38. The van der Waals surface area contributed by atoms with Gasteiger partial charge >= 0.3 is 0 Å². The van der Waals surface area contributed by atoms with Gasteiger partial charge in [0.2, 0.25) is 5.91 Å². The van der Waals surface area contributed by atoms with Crippen LogP contribution in [0.5, 0.6) is 0 Å². The Morgan fingerprint density at radius 3 is 2.53 bits per heavy atom. The van der Waals surface area contributed by atoms with Crippen molar-refractivity contribution in [2.45, 2.75) is 51.9 Å². The molecule has 0 radical (unpaired) electrons. The molecule has 19 heavy (non-hydrogen) atoms. The van der Waals surface area contributed by atoms with Gasteiger partial charge in [-0.05, 0) is 57.8 Å². The number of nitrogens with two attached hydrogens (primary N) is 1. The van der Waals surface area contributed by atoms with Crippen molar-refractivity contribution < 1.29 is 4.79 Å². The van der Waals surface area contributed by atoms with Gasteiger partial charge in [-0.3, -0.25) is 4.79 Å². The SMILES string of the molecule is CCN1CCC(CNC(=O)CCCCCCN)CC1. The maximum Gasteiger partial charge on any atom is 0.220 e. The number of carbonyl (C=O) groups excluding carboxylic acids is 1. The van der Waals surface area contributed by atoms with E-state index in [4.69, 9.17) is 5.73 Å². The Morgan fingerprint density at radius 2 is 1.89 bits per heavy atom. The maximum atomic E-state index is 11.7. The van der Waals surface area contributed by atoms with E-state index >= 15 is 0 Å². The summed E-state index contributed by atoms with van der Waals surface area (Å²) >= 11 is 0. The molecule has 112 valence electrons. The van der Waals surface area contributed by atoms with Crippen molar-refractivity contribution in [2.24, 2.45) is 11.7 Å². The number of carbonyl (C=O) groups is 1. The number of piperidine rings is 1. The van der Waals surface area contributed by atoms with Gasteiger partial charge in [0, 0.05) is 13.0 Å². The van der Waals surface area contributed by atoms with Crippen LogP contribution in [0.25, 0.3) is 0 Å². The average Bonchev–Trinajstić information content (AvgIpc) is 2.45. The molecule has 0 unspecified atom stereocenters. The summed E-state index contributed by atoms with van der Waals surface area (Å²) < 4.78 is 0. The normalized spacial score (nSPS) is 17.6.